The third-order valence-electron chi connectivity index (χ3n) is 2.16. The van der Waals surface area contributed by atoms with Crippen LogP contribution in [0.4, 0.5) is 11.4 Å². The molecule has 0 fully saturated rings. The van der Waals surface area contributed by atoms with Crippen LogP contribution in [0.25, 0.3) is 0 Å². The lowest BCUT2D eigenvalue weighted by atomic mass is 10.1. The monoisotopic (exact) mass is 224 g/mol. The summed E-state index contributed by atoms with van der Waals surface area (Å²) in [5.41, 5.74) is 6.71. The molecule has 5 nitrogen and oxygen atoms in total. The molecule has 0 aromatic heterocycles. The summed E-state index contributed by atoms with van der Waals surface area (Å²) < 4.78 is 4.97. The molecular formula is C11H16N2O3. The van der Waals surface area contributed by atoms with Crippen molar-refractivity contribution in [2.45, 2.75) is 13.0 Å². The van der Waals surface area contributed by atoms with Crippen LogP contribution >= 0.6 is 0 Å². The van der Waals surface area contributed by atoms with E-state index in [4.69, 9.17) is 15.6 Å². The topological polar surface area (TPSA) is 84.6 Å². The SMILES string of the molecule is COCC(C)Nc1cccc(C(=O)O)c1N. The highest BCUT2D eigenvalue weighted by Crippen LogP contribution is 2.23. The second-order valence-electron chi connectivity index (χ2n) is 3.57. The molecular weight excluding hydrogens is 208 g/mol. The van der Waals surface area contributed by atoms with Crippen LogP contribution in [0.3, 0.4) is 0 Å². The Hall–Kier alpha value is -1.75. The van der Waals surface area contributed by atoms with Gasteiger partial charge in [0.2, 0.25) is 0 Å². The Morgan fingerprint density at radius 3 is 2.88 bits per heavy atom. The number of carbonyl (C=O) groups is 1. The minimum Gasteiger partial charge on any atom is -0.478 e. The molecule has 1 aromatic carbocycles. The zero-order valence-electron chi connectivity index (χ0n) is 9.36. The number of hydrogen-bond donors (Lipinski definition) is 3. The predicted octanol–water partition coefficient (Wildman–Crippen LogP) is 1.41. The molecule has 88 valence electrons. The molecule has 0 aliphatic rings. The Balaban J connectivity index is 2.89. The number of carboxylic acids is 1. The van der Waals surface area contributed by atoms with E-state index < -0.39 is 5.97 Å². The van der Waals surface area contributed by atoms with Crippen molar-refractivity contribution >= 4 is 17.3 Å². The van der Waals surface area contributed by atoms with E-state index in [0.29, 0.717) is 12.3 Å². The number of aromatic carboxylic acids is 1. The molecule has 0 heterocycles. The van der Waals surface area contributed by atoms with Gasteiger partial charge in [0.1, 0.15) is 0 Å². The van der Waals surface area contributed by atoms with E-state index in [9.17, 15) is 4.79 Å². The lowest BCUT2D eigenvalue weighted by Gasteiger charge is -2.16. The first-order valence-corrected chi connectivity index (χ1v) is 4.93. The van der Waals surface area contributed by atoms with Crippen molar-refractivity contribution in [3.05, 3.63) is 23.8 Å². The first kappa shape index (κ1) is 12.3. The molecule has 1 aromatic rings. The Morgan fingerprint density at radius 2 is 2.31 bits per heavy atom. The zero-order chi connectivity index (χ0) is 12.1. The van der Waals surface area contributed by atoms with Crippen LogP contribution < -0.4 is 11.1 Å². The van der Waals surface area contributed by atoms with E-state index >= 15 is 0 Å². The Labute approximate surface area is 94.2 Å². The minimum absolute atomic E-state index is 0.0661. The van der Waals surface area contributed by atoms with E-state index in [2.05, 4.69) is 5.32 Å². The second-order valence-corrected chi connectivity index (χ2v) is 3.57. The molecule has 1 atom stereocenters. The van der Waals surface area contributed by atoms with E-state index in [1.54, 1.807) is 19.2 Å². The van der Waals surface area contributed by atoms with Crippen molar-refractivity contribution in [2.24, 2.45) is 0 Å². The van der Waals surface area contributed by atoms with Gasteiger partial charge in [-0.05, 0) is 19.1 Å². The highest BCUT2D eigenvalue weighted by molar-refractivity contribution is 5.97. The molecule has 0 saturated carbocycles. The molecule has 1 rings (SSSR count). The van der Waals surface area contributed by atoms with Crippen LogP contribution in [0.2, 0.25) is 0 Å². The van der Waals surface area contributed by atoms with Gasteiger partial charge in [-0.15, -0.1) is 0 Å². The van der Waals surface area contributed by atoms with Gasteiger partial charge in [0, 0.05) is 13.2 Å². The van der Waals surface area contributed by atoms with E-state index in [-0.39, 0.29) is 17.3 Å². The molecule has 5 heteroatoms. The van der Waals surface area contributed by atoms with Crippen LogP contribution in [0.15, 0.2) is 18.2 Å². The smallest absolute Gasteiger partial charge is 0.337 e. The van der Waals surface area contributed by atoms with Crippen LogP contribution in [-0.4, -0.2) is 30.8 Å². The van der Waals surface area contributed by atoms with Crippen LogP contribution in [-0.2, 0) is 4.74 Å². The number of para-hydroxylation sites is 1. The summed E-state index contributed by atoms with van der Waals surface area (Å²) in [6.07, 6.45) is 0. The van der Waals surface area contributed by atoms with Gasteiger partial charge in [-0.25, -0.2) is 4.79 Å². The van der Waals surface area contributed by atoms with Gasteiger partial charge in [-0.1, -0.05) is 6.07 Å². The number of benzene rings is 1. The molecule has 16 heavy (non-hydrogen) atoms. The average Bonchev–Trinajstić information content (AvgIpc) is 2.21. The van der Waals surface area contributed by atoms with Gasteiger partial charge in [-0.3, -0.25) is 0 Å². The summed E-state index contributed by atoms with van der Waals surface area (Å²) in [6.45, 7) is 2.45. The first-order valence-electron chi connectivity index (χ1n) is 4.93. The highest BCUT2D eigenvalue weighted by atomic mass is 16.5. The van der Waals surface area contributed by atoms with Gasteiger partial charge < -0.3 is 20.9 Å². The predicted molar refractivity (Wildman–Crippen MR) is 62.8 cm³/mol. The largest absolute Gasteiger partial charge is 0.478 e. The molecule has 0 radical (unpaired) electrons. The zero-order valence-corrected chi connectivity index (χ0v) is 9.36. The summed E-state index contributed by atoms with van der Waals surface area (Å²) in [7, 11) is 1.61. The van der Waals surface area contributed by atoms with Crippen molar-refractivity contribution in [3.63, 3.8) is 0 Å². The number of methoxy groups -OCH3 is 1. The van der Waals surface area contributed by atoms with Gasteiger partial charge >= 0.3 is 5.97 Å². The number of rotatable bonds is 5. The minimum atomic E-state index is -1.03. The average molecular weight is 224 g/mol. The summed E-state index contributed by atoms with van der Waals surface area (Å²) in [4.78, 5) is 10.9. The molecule has 0 bridgehead atoms. The fourth-order valence-corrected chi connectivity index (χ4v) is 1.43. The molecule has 0 spiro atoms. The number of nitrogens with one attached hydrogen (secondary N) is 1. The maximum Gasteiger partial charge on any atom is 0.337 e. The van der Waals surface area contributed by atoms with Crippen molar-refractivity contribution in [3.8, 4) is 0 Å². The third-order valence-corrected chi connectivity index (χ3v) is 2.16. The lowest BCUT2D eigenvalue weighted by Crippen LogP contribution is -2.22. The standard InChI is InChI=1S/C11H16N2O3/c1-7(6-16-2)13-9-5-3-4-8(10(9)12)11(14)15/h3-5,7,13H,6,12H2,1-2H3,(H,14,15). The summed E-state index contributed by atoms with van der Waals surface area (Å²) in [6, 6.07) is 4.94. The van der Waals surface area contributed by atoms with Gasteiger partial charge in [0.15, 0.2) is 0 Å². The molecule has 1 unspecified atom stereocenters. The van der Waals surface area contributed by atoms with E-state index in [1.165, 1.54) is 6.07 Å². The van der Waals surface area contributed by atoms with Gasteiger partial charge in [-0.2, -0.15) is 0 Å². The fourth-order valence-electron chi connectivity index (χ4n) is 1.43. The van der Waals surface area contributed by atoms with Gasteiger partial charge in [0.05, 0.1) is 23.5 Å². The Morgan fingerprint density at radius 1 is 1.62 bits per heavy atom. The van der Waals surface area contributed by atoms with Crippen LogP contribution in [0, 0.1) is 0 Å². The van der Waals surface area contributed by atoms with Gasteiger partial charge in [0.25, 0.3) is 0 Å². The lowest BCUT2D eigenvalue weighted by molar-refractivity contribution is 0.0698. The van der Waals surface area contributed by atoms with Crippen molar-refractivity contribution < 1.29 is 14.6 Å². The number of carboxylic acid groups (broad SMARTS) is 1. The summed E-state index contributed by atoms with van der Waals surface area (Å²) in [5.74, 6) is -1.03. The Kier molecular flexibility index (Phi) is 4.13. The molecule has 0 saturated heterocycles. The van der Waals surface area contributed by atoms with E-state index in [0.717, 1.165) is 0 Å². The third kappa shape index (κ3) is 2.87. The number of hydrogen-bond acceptors (Lipinski definition) is 4. The Bertz CT molecular complexity index is 379. The van der Waals surface area contributed by atoms with Crippen molar-refractivity contribution in [1.82, 2.24) is 0 Å². The van der Waals surface area contributed by atoms with Crippen LogP contribution in [0.5, 0.6) is 0 Å². The maximum atomic E-state index is 10.9. The number of anilines is 2. The maximum absolute atomic E-state index is 10.9. The summed E-state index contributed by atoms with van der Waals surface area (Å²) in [5, 5.41) is 12.0. The van der Waals surface area contributed by atoms with Crippen molar-refractivity contribution in [1.29, 1.82) is 0 Å². The van der Waals surface area contributed by atoms with Crippen LogP contribution in [0.1, 0.15) is 17.3 Å². The normalized spacial score (nSPS) is 12.1. The van der Waals surface area contributed by atoms with E-state index in [1.807, 2.05) is 6.92 Å². The highest BCUT2D eigenvalue weighted by Gasteiger charge is 2.12. The summed E-state index contributed by atoms with van der Waals surface area (Å²) >= 11 is 0. The molecule has 0 aliphatic heterocycles. The quantitative estimate of drug-likeness (QED) is 0.658. The molecule has 4 N–H and O–H groups in total. The second kappa shape index (κ2) is 5.37. The number of nitrogens with two attached hydrogens (primary N) is 1. The number of nitrogen functional groups attached to an aromatic ring is 1. The number of ether oxygens (including phenoxy) is 1. The van der Waals surface area contributed by atoms with Crippen molar-refractivity contribution in [2.75, 3.05) is 24.8 Å². The molecule has 0 aliphatic carbocycles. The molecule has 0 amide bonds. The fraction of sp³-hybridized carbons (Fsp3) is 0.364. The first-order chi connectivity index (χ1) is 7.56.